The summed E-state index contributed by atoms with van der Waals surface area (Å²) < 4.78 is 5.32. The van der Waals surface area contributed by atoms with Crippen molar-refractivity contribution in [1.82, 2.24) is 5.32 Å². The van der Waals surface area contributed by atoms with E-state index in [0.717, 1.165) is 38.9 Å². The van der Waals surface area contributed by atoms with Gasteiger partial charge in [-0.15, -0.1) is 0 Å². The molecule has 1 aromatic rings. The van der Waals surface area contributed by atoms with Crippen LogP contribution in [0.15, 0.2) is 24.3 Å². The fraction of sp³-hybridized carbons (Fsp3) is 0.562. The summed E-state index contributed by atoms with van der Waals surface area (Å²) in [6, 6.07) is 8.04. The van der Waals surface area contributed by atoms with Gasteiger partial charge in [0.05, 0.1) is 12.1 Å². The minimum atomic E-state index is -0.410. The van der Waals surface area contributed by atoms with Crippen LogP contribution in [0.4, 0.5) is 0 Å². The molecule has 108 valence electrons. The first-order chi connectivity index (χ1) is 9.75. The zero-order chi connectivity index (χ0) is 13.9. The second-order valence-electron chi connectivity index (χ2n) is 5.77. The van der Waals surface area contributed by atoms with Crippen molar-refractivity contribution in [1.29, 1.82) is 0 Å². The number of nitrogens with two attached hydrogens (primary N) is 1. The molecule has 3 rings (SSSR count). The molecule has 3 N–H and O–H groups in total. The summed E-state index contributed by atoms with van der Waals surface area (Å²) in [5.41, 5.74) is 8.72. The van der Waals surface area contributed by atoms with E-state index in [0.29, 0.717) is 0 Å². The molecule has 2 unspecified atom stereocenters. The molecule has 2 atom stereocenters. The van der Waals surface area contributed by atoms with Crippen molar-refractivity contribution < 1.29 is 9.53 Å². The molecule has 0 saturated carbocycles. The molecule has 1 aromatic carbocycles. The van der Waals surface area contributed by atoms with Gasteiger partial charge in [0.25, 0.3) is 0 Å². The number of nitrogens with one attached hydrogen (secondary N) is 1. The van der Waals surface area contributed by atoms with Gasteiger partial charge in [0.1, 0.15) is 0 Å². The third-order valence-corrected chi connectivity index (χ3v) is 4.53. The van der Waals surface area contributed by atoms with Gasteiger partial charge in [-0.05, 0) is 42.7 Å². The quantitative estimate of drug-likeness (QED) is 0.879. The fourth-order valence-electron chi connectivity index (χ4n) is 3.26. The van der Waals surface area contributed by atoms with E-state index in [2.05, 4.69) is 23.5 Å². The van der Waals surface area contributed by atoms with Crippen molar-refractivity contribution in [3.8, 4) is 0 Å². The van der Waals surface area contributed by atoms with Gasteiger partial charge in [-0.2, -0.15) is 0 Å². The molecule has 0 bridgehead atoms. The molecule has 1 aliphatic heterocycles. The van der Waals surface area contributed by atoms with Gasteiger partial charge in [-0.25, -0.2) is 0 Å². The SMILES string of the molecule is NC(C(=O)NC1CCc2ccccc21)C1CCOCC1. The van der Waals surface area contributed by atoms with Crippen molar-refractivity contribution in [2.45, 2.75) is 37.8 Å². The highest BCUT2D eigenvalue weighted by Crippen LogP contribution is 2.31. The number of benzene rings is 1. The second kappa shape index (κ2) is 5.94. The van der Waals surface area contributed by atoms with Crippen molar-refractivity contribution in [3.05, 3.63) is 35.4 Å². The Kier molecular flexibility index (Phi) is 4.03. The highest BCUT2D eigenvalue weighted by atomic mass is 16.5. The lowest BCUT2D eigenvalue weighted by Gasteiger charge is -2.28. The predicted molar refractivity (Wildman–Crippen MR) is 77.2 cm³/mol. The molecule has 0 spiro atoms. The molecule has 1 fully saturated rings. The number of fused-ring (bicyclic) bond motifs is 1. The van der Waals surface area contributed by atoms with Crippen LogP contribution >= 0.6 is 0 Å². The van der Waals surface area contributed by atoms with E-state index in [4.69, 9.17) is 10.5 Å². The van der Waals surface area contributed by atoms with Crippen molar-refractivity contribution in [2.75, 3.05) is 13.2 Å². The van der Waals surface area contributed by atoms with Gasteiger partial charge >= 0.3 is 0 Å². The predicted octanol–water partition coefficient (Wildman–Crippen LogP) is 1.54. The molecular formula is C16H22N2O2. The van der Waals surface area contributed by atoms with E-state index in [1.54, 1.807) is 0 Å². The Morgan fingerprint density at radius 1 is 1.25 bits per heavy atom. The summed E-state index contributed by atoms with van der Waals surface area (Å²) in [6.07, 6.45) is 3.78. The number of aryl methyl sites for hydroxylation is 1. The normalized spacial score (nSPS) is 24.1. The van der Waals surface area contributed by atoms with E-state index in [1.165, 1.54) is 11.1 Å². The largest absolute Gasteiger partial charge is 0.381 e. The van der Waals surface area contributed by atoms with E-state index in [1.807, 2.05) is 6.07 Å². The van der Waals surface area contributed by atoms with Gasteiger partial charge in [0.15, 0.2) is 0 Å². The highest BCUT2D eigenvalue weighted by molar-refractivity contribution is 5.82. The lowest BCUT2D eigenvalue weighted by Crippen LogP contribution is -2.47. The first kappa shape index (κ1) is 13.6. The minimum absolute atomic E-state index is 0.0152. The first-order valence-corrected chi connectivity index (χ1v) is 7.47. The maximum Gasteiger partial charge on any atom is 0.237 e. The number of hydrogen-bond acceptors (Lipinski definition) is 3. The molecule has 1 aliphatic carbocycles. The van der Waals surface area contributed by atoms with Gasteiger partial charge in [0.2, 0.25) is 5.91 Å². The van der Waals surface area contributed by atoms with Crippen molar-refractivity contribution in [2.24, 2.45) is 11.7 Å². The van der Waals surface area contributed by atoms with Crippen LogP contribution in [0.5, 0.6) is 0 Å². The summed E-state index contributed by atoms with van der Waals surface area (Å²) in [7, 11) is 0. The highest BCUT2D eigenvalue weighted by Gasteiger charge is 2.30. The summed E-state index contributed by atoms with van der Waals surface area (Å²) >= 11 is 0. The summed E-state index contributed by atoms with van der Waals surface area (Å²) in [4.78, 5) is 12.3. The van der Waals surface area contributed by atoms with Crippen LogP contribution < -0.4 is 11.1 Å². The molecule has 2 aliphatic rings. The molecule has 1 amide bonds. The van der Waals surface area contributed by atoms with E-state index >= 15 is 0 Å². The smallest absolute Gasteiger partial charge is 0.237 e. The Bertz CT molecular complexity index is 483. The number of carbonyl (C=O) groups excluding carboxylic acids is 1. The molecule has 4 heteroatoms. The molecule has 0 aromatic heterocycles. The zero-order valence-corrected chi connectivity index (χ0v) is 11.7. The number of rotatable bonds is 3. The Labute approximate surface area is 119 Å². The van der Waals surface area contributed by atoms with Gasteiger partial charge in [-0.1, -0.05) is 24.3 Å². The van der Waals surface area contributed by atoms with Gasteiger partial charge in [-0.3, -0.25) is 4.79 Å². The van der Waals surface area contributed by atoms with Crippen LogP contribution in [0.25, 0.3) is 0 Å². The van der Waals surface area contributed by atoms with E-state index in [9.17, 15) is 4.79 Å². The number of carbonyl (C=O) groups is 1. The van der Waals surface area contributed by atoms with Crippen molar-refractivity contribution in [3.63, 3.8) is 0 Å². The monoisotopic (exact) mass is 274 g/mol. The maximum absolute atomic E-state index is 12.3. The Morgan fingerprint density at radius 3 is 2.80 bits per heavy atom. The molecule has 20 heavy (non-hydrogen) atoms. The standard InChI is InChI=1S/C16H22N2O2/c17-15(12-7-9-20-10-8-12)16(19)18-14-6-5-11-3-1-2-4-13(11)14/h1-4,12,14-15H,5-10,17H2,(H,18,19). The van der Waals surface area contributed by atoms with Crippen LogP contribution in [0.3, 0.4) is 0 Å². The van der Waals surface area contributed by atoms with Crippen LogP contribution in [-0.4, -0.2) is 25.2 Å². The van der Waals surface area contributed by atoms with E-state index in [-0.39, 0.29) is 17.9 Å². The lowest BCUT2D eigenvalue weighted by atomic mass is 9.91. The summed E-state index contributed by atoms with van der Waals surface area (Å²) in [5.74, 6) is 0.235. The lowest BCUT2D eigenvalue weighted by molar-refractivity contribution is -0.125. The molecule has 4 nitrogen and oxygen atoms in total. The van der Waals surface area contributed by atoms with Crippen LogP contribution in [0.2, 0.25) is 0 Å². The summed E-state index contributed by atoms with van der Waals surface area (Å²) in [6.45, 7) is 1.44. The maximum atomic E-state index is 12.3. The second-order valence-corrected chi connectivity index (χ2v) is 5.77. The molecule has 1 heterocycles. The van der Waals surface area contributed by atoms with Crippen LogP contribution in [0.1, 0.15) is 36.4 Å². The molecular weight excluding hydrogens is 252 g/mol. The average molecular weight is 274 g/mol. The zero-order valence-electron chi connectivity index (χ0n) is 11.7. The van der Waals surface area contributed by atoms with Crippen LogP contribution in [-0.2, 0) is 16.0 Å². The first-order valence-electron chi connectivity index (χ1n) is 7.47. The average Bonchev–Trinajstić information content (AvgIpc) is 2.91. The van der Waals surface area contributed by atoms with Crippen molar-refractivity contribution >= 4 is 5.91 Å². The van der Waals surface area contributed by atoms with Gasteiger partial charge < -0.3 is 15.8 Å². The number of ether oxygens (including phenoxy) is 1. The van der Waals surface area contributed by atoms with E-state index < -0.39 is 6.04 Å². The topological polar surface area (TPSA) is 64.4 Å². The number of hydrogen-bond donors (Lipinski definition) is 2. The third kappa shape index (κ3) is 2.72. The third-order valence-electron chi connectivity index (χ3n) is 4.53. The Hall–Kier alpha value is -1.39. The van der Waals surface area contributed by atoms with Gasteiger partial charge in [0, 0.05) is 13.2 Å². The Morgan fingerprint density at radius 2 is 2.00 bits per heavy atom. The minimum Gasteiger partial charge on any atom is -0.381 e. The molecule has 0 radical (unpaired) electrons. The fourth-order valence-corrected chi connectivity index (χ4v) is 3.26. The number of amides is 1. The molecule has 1 saturated heterocycles. The van der Waals surface area contributed by atoms with Crippen LogP contribution in [0, 0.1) is 5.92 Å². The summed E-state index contributed by atoms with van der Waals surface area (Å²) in [5, 5.41) is 3.13. The Balaban J connectivity index is 1.62.